The third-order valence-corrected chi connectivity index (χ3v) is 4.97. The lowest BCUT2D eigenvalue weighted by atomic mass is 10.1. The van der Waals surface area contributed by atoms with E-state index in [1.807, 2.05) is 26.2 Å². The van der Waals surface area contributed by atoms with Crippen LogP contribution in [-0.2, 0) is 6.42 Å². The summed E-state index contributed by atoms with van der Waals surface area (Å²) in [6.07, 6.45) is 2.54. The maximum atomic E-state index is 5.80. The smallest absolute Gasteiger partial charge is 0.138 e. The topological polar surface area (TPSA) is 50.3 Å². The molecule has 0 aliphatic carbocycles. The van der Waals surface area contributed by atoms with Crippen molar-refractivity contribution in [2.24, 2.45) is 0 Å². The number of benzene rings is 1. The number of aryl methyl sites for hydroxylation is 1. The molecular weight excluding hydrogens is 332 g/mol. The summed E-state index contributed by atoms with van der Waals surface area (Å²) < 4.78 is 5.80. The lowest BCUT2D eigenvalue weighted by Crippen LogP contribution is -2.19. The van der Waals surface area contributed by atoms with Crippen molar-refractivity contribution in [3.63, 3.8) is 0 Å². The third-order valence-electron chi connectivity index (χ3n) is 3.97. The molecule has 5 nitrogen and oxygen atoms in total. The zero-order valence-corrected chi connectivity index (χ0v) is 15.8. The van der Waals surface area contributed by atoms with Crippen molar-refractivity contribution in [1.29, 1.82) is 0 Å². The van der Waals surface area contributed by atoms with E-state index in [4.69, 9.17) is 4.74 Å². The van der Waals surface area contributed by atoms with Gasteiger partial charge in [-0.1, -0.05) is 12.1 Å². The summed E-state index contributed by atoms with van der Waals surface area (Å²) in [5.74, 6) is 1.85. The second-order valence-corrected chi connectivity index (χ2v) is 7.16. The van der Waals surface area contributed by atoms with E-state index in [1.165, 1.54) is 11.1 Å². The van der Waals surface area contributed by atoms with Gasteiger partial charge in [0.05, 0.1) is 5.39 Å². The largest absolute Gasteiger partial charge is 0.492 e. The number of rotatable bonds is 8. The highest BCUT2D eigenvalue weighted by atomic mass is 32.1. The van der Waals surface area contributed by atoms with Crippen LogP contribution < -0.4 is 10.1 Å². The molecule has 6 heteroatoms. The molecule has 2 aromatic heterocycles. The highest BCUT2D eigenvalue weighted by Gasteiger charge is 2.08. The van der Waals surface area contributed by atoms with Crippen LogP contribution in [0.15, 0.2) is 36.0 Å². The van der Waals surface area contributed by atoms with Gasteiger partial charge in [0.15, 0.2) is 0 Å². The van der Waals surface area contributed by atoms with Gasteiger partial charge in [-0.25, -0.2) is 9.97 Å². The zero-order valence-electron chi connectivity index (χ0n) is 15.0. The van der Waals surface area contributed by atoms with Crippen LogP contribution in [0.2, 0.25) is 0 Å². The number of fused-ring (bicyclic) bond motifs is 1. The Bertz CT molecular complexity index is 831. The van der Waals surface area contributed by atoms with Crippen LogP contribution in [0.1, 0.15) is 11.1 Å². The van der Waals surface area contributed by atoms with E-state index in [1.54, 1.807) is 17.7 Å². The van der Waals surface area contributed by atoms with Gasteiger partial charge in [-0.2, -0.15) is 0 Å². The Hall–Kier alpha value is -2.18. The van der Waals surface area contributed by atoms with Crippen molar-refractivity contribution in [2.75, 3.05) is 39.1 Å². The molecule has 0 unspecified atom stereocenters. The first-order valence-corrected chi connectivity index (χ1v) is 9.30. The molecule has 132 valence electrons. The van der Waals surface area contributed by atoms with Crippen LogP contribution in [0.3, 0.4) is 0 Å². The Morgan fingerprint density at radius 2 is 2.12 bits per heavy atom. The first-order chi connectivity index (χ1) is 12.1. The van der Waals surface area contributed by atoms with Gasteiger partial charge in [0, 0.05) is 13.1 Å². The van der Waals surface area contributed by atoms with Crippen molar-refractivity contribution in [1.82, 2.24) is 14.9 Å². The fourth-order valence-corrected chi connectivity index (χ4v) is 3.50. The number of ether oxygens (including phenoxy) is 1. The summed E-state index contributed by atoms with van der Waals surface area (Å²) in [7, 11) is 4.09. The molecule has 1 N–H and O–H groups in total. The number of hydrogen-bond donors (Lipinski definition) is 1. The van der Waals surface area contributed by atoms with Crippen molar-refractivity contribution in [3.8, 4) is 5.75 Å². The Morgan fingerprint density at radius 1 is 1.24 bits per heavy atom. The summed E-state index contributed by atoms with van der Waals surface area (Å²) in [6.45, 7) is 4.53. The van der Waals surface area contributed by atoms with E-state index < -0.39 is 0 Å². The van der Waals surface area contributed by atoms with Crippen molar-refractivity contribution in [2.45, 2.75) is 13.3 Å². The standard InChI is InChI=1S/C19H24N4OS/c1-14-12-25-19-17(14)18(21-13-22-19)20-8-7-15-5-4-6-16(11-15)24-10-9-23(2)3/h4-6,11-13H,7-10H2,1-3H3,(H,20,21,22). The van der Waals surface area contributed by atoms with Gasteiger partial charge in [0.1, 0.15) is 29.3 Å². The summed E-state index contributed by atoms with van der Waals surface area (Å²) >= 11 is 1.66. The van der Waals surface area contributed by atoms with Crippen LogP contribution in [0, 0.1) is 6.92 Å². The molecular formula is C19H24N4OS. The molecule has 0 amide bonds. The van der Waals surface area contributed by atoms with E-state index in [0.29, 0.717) is 6.61 Å². The lowest BCUT2D eigenvalue weighted by Gasteiger charge is -2.12. The van der Waals surface area contributed by atoms with Crippen LogP contribution in [0.25, 0.3) is 10.2 Å². The Morgan fingerprint density at radius 3 is 2.96 bits per heavy atom. The number of likely N-dealkylation sites (N-methyl/N-ethyl adjacent to an activating group) is 1. The maximum absolute atomic E-state index is 5.80. The van der Waals surface area contributed by atoms with E-state index >= 15 is 0 Å². The average Bonchev–Trinajstić information content (AvgIpc) is 2.97. The Kier molecular flexibility index (Phi) is 5.83. The van der Waals surface area contributed by atoms with E-state index in [9.17, 15) is 0 Å². The van der Waals surface area contributed by atoms with E-state index in [0.717, 1.165) is 41.3 Å². The second kappa shape index (κ2) is 8.27. The molecule has 0 atom stereocenters. The highest BCUT2D eigenvalue weighted by molar-refractivity contribution is 7.17. The van der Waals surface area contributed by atoms with Gasteiger partial charge in [-0.3, -0.25) is 0 Å². The van der Waals surface area contributed by atoms with Gasteiger partial charge in [0.25, 0.3) is 0 Å². The molecule has 0 saturated heterocycles. The second-order valence-electron chi connectivity index (χ2n) is 6.30. The average molecular weight is 356 g/mol. The van der Waals surface area contributed by atoms with Gasteiger partial charge >= 0.3 is 0 Å². The quantitative estimate of drug-likeness (QED) is 0.668. The van der Waals surface area contributed by atoms with Crippen LogP contribution in [0.4, 0.5) is 5.82 Å². The van der Waals surface area contributed by atoms with Gasteiger partial charge in [0.2, 0.25) is 0 Å². The number of nitrogens with zero attached hydrogens (tertiary/aromatic N) is 3. The molecule has 25 heavy (non-hydrogen) atoms. The molecule has 0 bridgehead atoms. The minimum absolute atomic E-state index is 0.699. The summed E-state index contributed by atoms with van der Waals surface area (Å²) in [6, 6.07) is 8.30. The first-order valence-electron chi connectivity index (χ1n) is 8.42. The van der Waals surface area contributed by atoms with Crippen molar-refractivity contribution >= 4 is 27.4 Å². The summed E-state index contributed by atoms with van der Waals surface area (Å²) in [4.78, 5) is 11.9. The Labute approximate surface area is 152 Å². The van der Waals surface area contributed by atoms with Crippen LogP contribution >= 0.6 is 11.3 Å². The number of anilines is 1. The SMILES string of the molecule is Cc1csc2ncnc(NCCc3cccc(OCCN(C)C)c3)c12. The zero-order chi connectivity index (χ0) is 17.6. The number of hydrogen-bond acceptors (Lipinski definition) is 6. The highest BCUT2D eigenvalue weighted by Crippen LogP contribution is 2.28. The molecule has 2 heterocycles. The molecule has 0 fully saturated rings. The molecule has 0 spiro atoms. The fourth-order valence-electron chi connectivity index (χ4n) is 2.61. The molecule has 3 rings (SSSR count). The first kappa shape index (κ1) is 17.6. The van der Waals surface area contributed by atoms with Gasteiger partial charge in [-0.15, -0.1) is 11.3 Å². The molecule has 3 aromatic rings. The number of thiophene rings is 1. The normalized spacial score (nSPS) is 11.2. The molecule has 1 aromatic carbocycles. The lowest BCUT2D eigenvalue weighted by molar-refractivity contribution is 0.261. The van der Waals surface area contributed by atoms with Crippen molar-refractivity contribution in [3.05, 3.63) is 47.1 Å². The monoisotopic (exact) mass is 356 g/mol. The Balaban J connectivity index is 1.57. The van der Waals surface area contributed by atoms with Gasteiger partial charge < -0.3 is 15.0 Å². The molecule has 0 aliphatic heterocycles. The summed E-state index contributed by atoms with van der Waals surface area (Å²) in [5, 5.41) is 6.71. The molecule has 0 radical (unpaired) electrons. The number of aromatic nitrogens is 2. The third kappa shape index (κ3) is 4.67. The fraction of sp³-hybridized carbons (Fsp3) is 0.368. The van der Waals surface area contributed by atoms with Crippen molar-refractivity contribution < 1.29 is 4.74 Å². The minimum Gasteiger partial charge on any atom is -0.492 e. The predicted molar refractivity (Wildman–Crippen MR) is 105 cm³/mol. The van der Waals surface area contributed by atoms with E-state index in [2.05, 4.69) is 44.6 Å². The summed E-state index contributed by atoms with van der Waals surface area (Å²) in [5.41, 5.74) is 2.47. The molecule has 0 saturated carbocycles. The maximum Gasteiger partial charge on any atom is 0.138 e. The minimum atomic E-state index is 0.699. The predicted octanol–water partition coefficient (Wildman–Crippen LogP) is 3.59. The van der Waals surface area contributed by atoms with Gasteiger partial charge in [-0.05, 0) is 56.1 Å². The van der Waals surface area contributed by atoms with Crippen LogP contribution in [0.5, 0.6) is 5.75 Å². The number of nitrogens with one attached hydrogen (secondary N) is 1. The molecule has 0 aliphatic rings. The van der Waals surface area contributed by atoms with E-state index in [-0.39, 0.29) is 0 Å². The van der Waals surface area contributed by atoms with Crippen LogP contribution in [-0.4, -0.2) is 48.7 Å².